The predicted molar refractivity (Wildman–Crippen MR) is 90.8 cm³/mol. The Morgan fingerprint density at radius 3 is 2.46 bits per heavy atom. The quantitative estimate of drug-likeness (QED) is 0.689. The van der Waals surface area contributed by atoms with Crippen molar-refractivity contribution in [1.29, 1.82) is 0 Å². The van der Waals surface area contributed by atoms with E-state index in [2.05, 4.69) is 4.98 Å². The number of H-pyrrole nitrogens is 1. The van der Waals surface area contributed by atoms with Crippen LogP contribution in [-0.4, -0.2) is 15.5 Å². The summed E-state index contributed by atoms with van der Waals surface area (Å²) in [5, 5.41) is 13.3. The molecule has 1 aromatic heterocycles. The average molecular weight is 370 g/mol. The number of nitrogens with zero attached hydrogens (tertiary/aromatic N) is 1. The molecule has 2 heterocycles. The van der Waals surface area contributed by atoms with Gasteiger partial charge in [0.1, 0.15) is 0 Å². The second-order valence-corrected chi connectivity index (χ2v) is 6.10. The van der Waals surface area contributed by atoms with E-state index >= 15 is 0 Å². The molecular weight excluding hydrogens is 360 g/mol. The van der Waals surface area contributed by atoms with Gasteiger partial charge in [0.05, 0.1) is 11.1 Å². The van der Waals surface area contributed by atoms with E-state index in [0.717, 1.165) is 4.57 Å². The van der Waals surface area contributed by atoms with Crippen LogP contribution < -0.4 is 16.4 Å². The number of aromatic amines is 1. The summed E-state index contributed by atoms with van der Waals surface area (Å²) in [5.74, 6) is -1.48. The van der Waals surface area contributed by atoms with Crippen LogP contribution in [0.2, 0.25) is 5.02 Å². The predicted octanol–water partition coefficient (Wildman–Crippen LogP) is 1.51. The molecule has 130 valence electrons. The lowest BCUT2D eigenvalue weighted by atomic mass is 10.0. The average Bonchev–Trinajstić information content (AvgIpc) is 2.93. The Kier molecular flexibility index (Phi) is 3.66. The van der Waals surface area contributed by atoms with Gasteiger partial charge in [-0.2, -0.15) is 0 Å². The minimum Gasteiger partial charge on any atom is -0.859 e. The maximum absolute atomic E-state index is 12.9. The van der Waals surface area contributed by atoms with Crippen LogP contribution in [0.1, 0.15) is 27.6 Å². The first-order valence-electron chi connectivity index (χ1n) is 7.59. The number of halogens is 1. The Morgan fingerprint density at radius 1 is 1.04 bits per heavy atom. The normalized spacial score (nSPS) is 15.6. The van der Waals surface area contributed by atoms with Gasteiger partial charge in [-0.25, -0.2) is 9.59 Å². The van der Waals surface area contributed by atoms with E-state index in [1.807, 2.05) is 0 Å². The number of esters is 1. The van der Waals surface area contributed by atoms with Crippen LogP contribution in [-0.2, 0) is 4.74 Å². The lowest BCUT2D eigenvalue weighted by Gasteiger charge is -2.22. The van der Waals surface area contributed by atoms with Gasteiger partial charge in [-0.05, 0) is 36.2 Å². The molecule has 26 heavy (non-hydrogen) atoms. The highest BCUT2D eigenvalue weighted by Gasteiger charge is 2.34. The van der Waals surface area contributed by atoms with Crippen LogP contribution in [0, 0.1) is 0 Å². The molecule has 1 N–H and O–H groups in total. The van der Waals surface area contributed by atoms with Crippen molar-refractivity contribution in [2.75, 3.05) is 0 Å². The molecule has 0 bridgehead atoms. The Morgan fingerprint density at radius 2 is 1.73 bits per heavy atom. The first kappa shape index (κ1) is 16.2. The summed E-state index contributed by atoms with van der Waals surface area (Å²) in [6.45, 7) is 0. The summed E-state index contributed by atoms with van der Waals surface area (Å²) in [6, 6.07) is 12.4. The number of rotatable bonds is 2. The first-order valence-corrected chi connectivity index (χ1v) is 7.97. The Bertz CT molecular complexity index is 1150. The number of nitrogens with one attached hydrogen (secondary N) is 1. The summed E-state index contributed by atoms with van der Waals surface area (Å²) in [6.07, 6.45) is -1.17. The second kappa shape index (κ2) is 5.89. The van der Waals surface area contributed by atoms with E-state index in [1.54, 1.807) is 24.3 Å². The van der Waals surface area contributed by atoms with Crippen molar-refractivity contribution in [3.63, 3.8) is 0 Å². The van der Waals surface area contributed by atoms with Crippen LogP contribution in [0.15, 0.2) is 58.1 Å². The van der Waals surface area contributed by atoms with Crippen molar-refractivity contribution in [3.05, 3.63) is 91.1 Å². The minimum atomic E-state index is -1.17. The molecule has 3 aromatic rings. The van der Waals surface area contributed by atoms with Crippen molar-refractivity contribution in [2.24, 2.45) is 0 Å². The van der Waals surface area contributed by atoms with Crippen molar-refractivity contribution >= 4 is 17.6 Å². The van der Waals surface area contributed by atoms with Crippen LogP contribution in [0.25, 0.3) is 5.69 Å². The lowest BCUT2D eigenvalue weighted by Crippen LogP contribution is -2.35. The van der Waals surface area contributed by atoms with E-state index in [9.17, 15) is 19.5 Å². The molecule has 1 aliphatic heterocycles. The van der Waals surface area contributed by atoms with Gasteiger partial charge in [-0.15, -0.1) is 0 Å². The van der Waals surface area contributed by atoms with Crippen LogP contribution in [0.5, 0.6) is 5.88 Å². The molecule has 0 radical (unpaired) electrons. The molecule has 0 spiro atoms. The van der Waals surface area contributed by atoms with E-state index in [0.29, 0.717) is 10.6 Å². The van der Waals surface area contributed by atoms with Gasteiger partial charge in [-0.3, -0.25) is 14.3 Å². The molecule has 1 atom stereocenters. The second-order valence-electron chi connectivity index (χ2n) is 5.66. The number of hydrogen-bond acceptors (Lipinski definition) is 5. The molecule has 0 saturated heterocycles. The summed E-state index contributed by atoms with van der Waals surface area (Å²) >= 11 is 5.83. The van der Waals surface area contributed by atoms with Crippen molar-refractivity contribution in [1.82, 2.24) is 9.55 Å². The zero-order chi connectivity index (χ0) is 18.4. The van der Waals surface area contributed by atoms with Gasteiger partial charge in [0.25, 0.3) is 5.56 Å². The highest BCUT2D eigenvalue weighted by Crippen LogP contribution is 2.36. The Labute approximate surface area is 151 Å². The first-order chi connectivity index (χ1) is 12.5. The van der Waals surface area contributed by atoms with Gasteiger partial charge < -0.3 is 9.84 Å². The SMILES string of the molecule is O=C1OC(c2c([O-])n(-c3ccc(Cl)cc3)c(=O)[nH]c2=O)c2ccccc21. The maximum atomic E-state index is 12.9. The van der Waals surface area contributed by atoms with Crippen LogP contribution in [0.3, 0.4) is 0 Å². The Hall–Kier alpha value is -3.32. The van der Waals surface area contributed by atoms with Crippen molar-refractivity contribution in [3.8, 4) is 11.6 Å². The largest absolute Gasteiger partial charge is 0.859 e. The van der Waals surface area contributed by atoms with Crippen LogP contribution in [0.4, 0.5) is 0 Å². The van der Waals surface area contributed by atoms with Gasteiger partial charge in [0.2, 0.25) is 0 Å². The number of carbonyl (C=O) groups is 1. The summed E-state index contributed by atoms with van der Waals surface area (Å²) in [7, 11) is 0. The number of ether oxygens (including phenoxy) is 1. The van der Waals surface area contributed by atoms with Crippen molar-refractivity contribution < 1.29 is 14.6 Å². The van der Waals surface area contributed by atoms with E-state index in [-0.39, 0.29) is 16.8 Å². The third-order valence-electron chi connectivity index (χ3n) is 4.14. The number of carbonyl (C=O) groups excluding carboxylic acids is 1. The molecule has 8 heteroatoms. The molecule has 0 fully saturated rings. The fourth-order valence-corrected chi connectivity index (χ4v) is 3.07. The number of cyclic esters (lactones) is 1. The highest BCUT2D eigenvalue weighted by atomic mass is 35.5. The Balaban J connectivity index is 1.96. The smallest absolute Gasteiger partial charge is 0.339 e. The molecule has 1 aliphatic rings. The zero-order valence-corrected chi connectivity index (χ0v) is 13.8. The standard InChI is InChI=1S/C18H11ClN2O5/c19-9-5-7-10(8-6-9)21-16(23)13(15(22)20-18(21)25)14-11-3-1-2-4-12(11)17(24)26-14/h1-8,14,23H,(H,20,22,25)/p-1. The number of fused-ring (bicyclic) bond motifs is 1. The number of hydrogen-bond donors (Lipinski definition) is 1. The van der Waals surface area contributed by atoms with Gasteiger partial charge >= 0.3 is 11.7 Å². The van der Waals surface area contributed by atoms with Gasteiger partial charge in [0, 0.05) is 16.3 Å². The highest BCUT2D eigenvalue weighted by molar-refractivity contribution is 6.30. The van der Waals surface area contributed by atoms with E-state index in [4.69, 9.17) is 16.3 Å². The van der Waals surface area contributed by atoms with Gasteiger partial charge in [-0.1, -0.05) is 29.8 Å². The van der Waals surface area contributed by atoms with E-state index in [1.165, 1.54) is 24.3 Å². The summed E-state index contributed by atoms with van der Waals surface area (Å²) in [4.78, 5) is 38.6. The molecule has 1 unspecified atom stereocenters. The van der Waals surface area contributed by atoms with Crippen LogP contribution >= 0.6 is 11.6 Å². The number of aromatic nitrogens is 2. The maximum Gasteiger partial charge on any atom is 0.339 e. The lowest BCUT2D eigenvalue weighted by molar-refractivity contribution is -0.280. The molecular formula is C18H10ClN2O5-. The number of benzene rings is 2. The molecule has 0 amide bonds. The minimum absolute atomic E-state index is 0.236. The fourth-order valence-electron chi connectivity index (χ4n) is 2.95. The molecule has 0 aliphatic carbocycles. The molecule has 4 rings (SSSR count). The monoisotopic (exact) mass is 369 g/mol. The zero-order valence-electron chi connectivity index (χ0n) is 13.1. The van der Waals surface area contributed by atoms with E-state index < -0.39 is 29.2 Å². The third-order valence-corrected chi connectivity index (χ3v) is 4.39. The summed E-state index contributed by atoms with van der Waals surface area (Å²) < 4.78 is 6.04. The molecule has 2 aromatic carbocycles. The van der Waals surface area contributed by atoms with Gasteiger partial charge in [0.15, 0.2) is 6.10 Å². The third kappa shape index (κ3) is 2.41. The topological polar surface area (TPSA) is 104 Å². The molecule has 0 saturated carbocycles. The van der Waals surface area contributed by atoms with Crippen molar-refractivity contribution in [2.45, 2.75) is 6.10 Å². The summed E-state index contributed by atoms with van der Waals surface area (Å²) in [5.41, 5.74) is -1.19. The molecule has 7 nitrogen and oxygen atoms in total. The fraction of sp³-hybridized carbons (Fsp3) is 0.0556.